The molecule has 0 bridgehead atoms. The normalized spacial score (nSPS) is 21.6. The number of hydrogen-bond acceptors (Lipinski definition) is 3. The van der Waals surface area contributed by atoms with Crippen LogP contribution in [-0.2, 0) is 6.54 Å². The fraction of sp³-hybridized carbons (Fsp3) is 0.462. The maximum absolute atomic E-state index is 9.65. The van der Waals surface area contributed by atoms with Crippen molar-refractivity contribution in [1.82, 2.24) is 14.3 Å². The summed E-state index contributed by atoms with van der Waals surface area (Å²) in [6.07, 6.45) is 5.64. The standard InChI is InChI=1S/C13H16ClN3O/c14-10-3-4-13-15-11(8-17(13)6-10)7-16-5-1-2-12(18)9-16/h3-4,6,8,12,18H,1-2,5,7,9H2. The van der Waals surface area contributed by atoms with Crippen LogP contribution in [0.5, 0.6) is 0 Å². The van der Waals surface area contributed by atoms with E-state index >= 15 is 0 Å². The number of aliphatic hydroxyl groups excluding tert-OH is 1. The lowest BCUT2D eigenvalue weighted by Gasteiger charge is -2.29. The second-order valence-corrected chi connectivity index (χ2v) is 5.31. The summed E-state index contributed by atoms with van der Waals surface area (Å²) in [5.41, 5.74) is 1.93. The summed E-state index contributed by atoms with van der Waals surface area (Å²) in [5, 5.41) is 10.4. The van der Waals surface area contributed by atoms with Crippen LogP contribution in [0.1, 0.15) is 18.5 Å². The number of likely N-dealkylation sites (tertiary alicyclic amines) is 1. The molecule has 0 saturated carbocycles. The molecule has 2 aromatic heterocycles. The first-order valence-electron chi connectivity index (χ1n) is 6.24. The van der Waals surface area contributed by atoms with Gasteiger partial charge < -0.3 is 9.51 Å². The van der Waals surface area contributed by atoms with Crippen LogP contribution in [0.2, 0.25) is 5.02 Å². The zero-order valence-electron chi connectivity index (χ0n) is 10.1. The van der Waals surface area contributed by atoms with Crippen LogP contribution in [0, 0.1) is 0 Å². The Bertz CT molecular complexity index is 554. The van der Waals surface area contributed by atoms with Crippen molar-refractivity contribution >= 4 is 17.2 Å². The molecule has 0 aromatic carbocycles. The summed E-state index contributed by atoms with van der Waals surface area (Å²) in [6, 6.07) is 3.76. The van der Waals surface area contributed by atoms with Crippen molar-refractivity contribution in [3.63, 3.8) is 0 Å². The molecule has 1 atom stereocenters. The Morgan fingerprint density at radius 3 is 3.11 bits per heavy atom. The van der Waals surface area contributed by atoms with Gasteiger partial charge in [0.1, 0.15) is 5.65 Å². The Hall–Kier alpha value is -1.10. The first kappa shape index (κ1) is 12.0. The van der Waals surface area contributed by atoms with Crippen molar-refractivity contribution in [2.75, 3.05) is 13.1 Å². The quantitative estimate of drug-likeness (QED) is 0.902. The van der Waals surface area contributed by atoms with Crippen LogP contribution in [0.3, 0.4) is 0 Å². The molecule has 1 fully saturated rings. The minimum atomic E-state index is -0.190. The van der Waals surface area contributed by atoms with Gasteiger partial charge >= 0.3 is 0 Å². The van der Waals surface area contributed by atoms with Crippen LogP contribution >= 0.6 is 11.6 Å². The maximum atomic E-state index is 9.65. The first-order chi connectivity index (χ1) is 8.70. The Kier molecular flexibility index (Phi) is 3.24. The monoisotopic (exact) mass is 265 g/mol. The second kappa shape index (κ2) is 4.88. The Balaban J connectivity index is 1.78. The molecule has 96 valence electrons. The molecule has 1 unspecified atom stereocenters. The van der Waals surface area contributed by atoms with Gasteiger partial charge in [0.2, 0.25) is 0 Å². The average molecular weight is 266 g/mol. The predicted molar refractivity (Wildman–Crippen MR) is 70.7 cm³/mol. The van der Waals surface area contributed by atoms with Gasteiger partial charge in [0.25, 0.3) is 0 Å². The third-order valence-electron chi connectivity index (χ3n) is 3.33. The van der Waals surface area contributed by atoms with Crippen LogP contribution in [0.15, 0.2) is 24.5 Å². The van der Waals surface area contributed by atoms with Crippen molar-refractivity contribution in [2.45, 2.75) is 25.5 Å². The molecule has 0 radical (unpaired) electrons. The third-order valence-corrected chi connectivity index (χ3v) is 3.55. The Morgan fingerprint density at radius 1 is 1.39 bits per heavy atom. The van der Waals surface area contributed by atoms with E-state index in [1.807, 2.05) is 28.9 Å². The van der Waals surface area contributed by atoms with E-state index in [1.54, 1.807) is 0 Å². The third kappa shape index (κ3) is 2.51. The summed E-state index contributed by atoms with van der Waals surface area (Å²) >= 11 is 5.95. The van der Waals surface area contributed by atoms with Gasteiger partial charge in [0.05, 0.1) is 16.8 Å². The molecule has 2 aromatic rings. The molecule has 3 rings (SSSR count). The van der Waals surface area contributed by atoms with Gasteiger partial charge in [0, 0.05) is 25.5 Å². The number of rotatable bonds is 2. The van der Waals surface area contributed by atoms with Gasteiger partial charge in [-0.1, -0.05) is 11.6 Å². The van der Waals surface area contributed by atoms with Crippen molar-refractivity contribution in [2.24, 2.45) is 0 Å². The molecular weight excluding hydrogens is 250 g/mol. The Labute approximate surface area is 111 Å². The van der Waals surface area contributed by atoms with E-state index in [9.17, 15) is 5.11 Å². The van der Waals surface area contributed by atoms with Gasteiger partial charge in [-0.25, -0.2) is 4.98 Å². The number of imidazole rings is 1. The summed E-state index contributed by atoms with van der Waals surface area (Å²) in [5.74, 6) is 0. The lowest BCUT2D eigenvalue weighted by Crippen LogP contribution is -2.37. The van der Waals surface area contributed by atoms with E-state index in [1.165, 1.54) is 0 Å². The van der Waals surface area contributed by atoms with Crippen LogP contribution in [0.4, 0.5) is 0 Å². The lowest BCUT2D eigenvalue weighted by molar-refractivity contribution is 0.0663. The molecule has 0 amide bonds. The van der Waals surface area contributed by atoms with E-state index < -0.39 is 0 Å². The minimum absolute atomic E-state index is 0.190. The van der Waals surface area contributed by atoms with Gasteiger partial charge in [-0.3, -0.25) is 4.90 Å². The molecule has 1 aliphatic rings. The van der Waals surface area contributed by atoms with Gasteiger partial charge in [-0.15, -0.1) is 0 Å². The highest BCUT2D eigenvalue weighted by atomic mass is 35.5. The number of fused-ring (bicyclic) bond motifs is 1. The zero-order chi connectivity index (χ0) is 12.5. The number of halogens is 1. The van der Waals surface area contributed by atoms with Crippen LogP contribution < -0.4 is 0 Å². The minimum Gasteiger partial charge on any atom is -0.392 e. The number of aromatic nitrogens is 2. The van der Waals surface area contributed by atoms with E-state index in [2.05, 4.69) is 9.88 Å². The summed E-state index contributed by atoms with van der Waals surface area (Å²) in [6.45, 7) is 2.57. The zero-order valence-corrected chi connectivity index (χ0v) is 10.8. The number of nitrogens with zero attached hydrogens (tertiary/aromatic N) is 3. The van der Waals surface area contributed by atoms with Gasteiger partial charge in [-0.2, -0.15) is 0 Å². The van der Waals surface area contributed by atoms with Crippen molar-refractivity contribution in [3.8, 4) is 0 Å². The molecule has 1 N–H and O–H groups in total. The van der Waals surface area contributed by atoms with Crippen LogP contribution in [0.25, 0.3) is 5.65 Å². The van der Waals surface area contributed by atoms with Crippen LogP contribution in [-0.4, -0.2) is 38.6 Å². The number of pyridine rings is 1. The lowest BCUT2D eigenvalue weighted by atomic mass is 10.1. The van der Waals surface area contributed by atoms with Crippen molar-refractivity contribution in [3.05, 3.63) is 35.2 Å². The highest BCUT2D eigenvalue weighted by molar-refractivity contribution is 6.30. The summed E-state index contributed by atoms with van der Waals surface area (Å²) in [4.78, 5) is 6.80. The Morgan fingerprint density at radius 2 is 2.28 bits per heavy atom. The fourth-order valence-electron chi connectivity index (χ4n) is 2.50. The fourth-order valence-corrected chi connectivity index (χ4v) is 2.67. The van der Waals surface area contributed by atoms with Crippen molar-refractivity contribution in [1.29, 1.82) is 0 Å². The van der Waals surface area contributed by atoms with Gasteiger partial charge in [-0.05, 0) is 31.5 Å². The topological polar surface area (TPSA) is 40.8 Å². The molecule has 4 nitrogen and oxygen atoms in total. The molecule has 1 saturated heterocycles. The predicted octanol–water partition coefficient (Wildman–Crippen LogP) is 1.94. The molecule has 0 aliphatic carbocycles. The van der Waals surface area contributed by atoms with Gasteiger partial charge in [0.15, 0.2) is 0 Å². The smallest absolute Gasteiger partial charge is 0.137 e. The molecule has 18 heavy (non-hydrogen) atoms. The molecule has 1 aliphatic heterocycles. The number of aliphatic hydroxyl groups is 1. The van der Waals surface area contributed by atoms with E-state index in [0.29, 0.717) is 5.02 Å². The first-order valence-corrected chi connectivity index (χ1v) is 6.62. The molecule has 3 heterocycles. The molecule has 5 heteroatoms. The van der Waals surface area contributed by atoms with Crippen molar-refractivity contribution < 1.29 is 5.11 Å². The molecule has 0 spiro atoms. The largest absolute Gasteiger partial charge is 0.392 e. The second-order valence-electron chi connectivity index (χ2n) is 4.88. The SMILES string of the molecule is OC1CCCN(Cc2cn3cc(Cl)ccc3n2)C1. The number of β-amino-alcohol motifs (C(OH)–C–C–N with tert-alkyl or cyclic N) is 1. The van der Waals surface area contributed by atoms with E-state index in [0.717, 1.165) is 43.8 Å². The average Bonchev–Trinajstić information content (AvgIpc) is 2.70. The molecular formula is C13H16ClN3O. The maximum Gasteiger partial charge on any atom is 0.137 e. The number of hydrogen-bond donors (Lipinski definition) is 1. The van der Waals surface area contributed by atoms with E-state index in [-0.39, 0.29) is 6.10 Å². The number of piperidine rings is 1. The summed E-state index contributed by atoms with van der Waals surface area (Å²) in [7, 11) is 0. The highest BCUT2D eigenvalue weighted by Gasteiger charge is 2.18. The van der Waals surface area contributed by atoms with E-state index in [4.69, 9.17) is 11.6 Å². The highest BCUT2D eigenvalue weighted by Crippen LogP contribution is 2.15. The summed E-state index contributed by atoms with van der Waals surface area (Å²) < 4.78 is 1.94.